The monoisotopic (exact) mass is 312 g/mol. The van der Waals surface area contributed by atoms with E-state index in [-0.39, 0.29) is 5.82 Å². The molecule has 1 heterocycles. The molecule has 0 unspecified atom stereocenters. The van der Waals surface area contributed by atoms with E-state index in [1.165, 1.54) is 11.6 Å². The van der Waals surface area contributed by atoms with Gasteiger partial charge in [0, 0.05) is 38.3 Å². The van der Waals surface area contributed by atoms with Crippen LogP contribution in [0.1, 0.15) is 25.0 Å². The minimum atomic E-state index is -0.147. The molecule has 2 aromatic rings. The fraction of sp³-hybridized carbons (Fsp3) is 0.400. The Morgan fingerprint density at radius 1 is 0.826 bits per heavy atom. The Labute approximate surface area is 138 Å². The van der Waals surface area contributed by atoms with E-state index in [4.69, 9.17) is 0 Å². The Balaban J connectivity index is 1.62. The van der Waals surface area contributed by atoms with Crippen molar-refractivity contribution < 1.29 is 4.39 Å². The van der Waals surface area contributed by atoms with Crippen molar-refractivity contribution in [2.24, 2.45) is 0 Å². The van der Waals surface area contributed by atoms with Crippen molar-refractivity contribution in [2.45, 2.75) is 39.0 Å². The lowest BCUT2D eigenvalue weighted by Crippen LogP contribution is -2.55. The summed E-state index contributed by atoms with van der Waals surface area (Å²) in [7, 11) is 0. The second-order valence-electron chi connectivity index (χ2n) is 6.67. The fourth-order valence-corrected chi connectivity index (χ4v) is 3.40. The molecule has 0 bridgehead atoms. The molecule has 2 aromatic carbocycles. The number of hydrogen-bond donors (Lipinski definition) is 0. The third-order valence-electron chi connectivity index (χ3n) is 4.75. The van der Waals surface area contributed by atoms with Crippen LogP contribution in [0.25, 0.3) is 0 Å². The number of piperazine rings is 1. The molecule has 0 amide bonds. The maximum absolute atomic E-state index is 13.4. The molecule has 3 heteroatoms. The Morgan fingerprint density at radius 2 is 1.39 bits per heavy atom. The van der Waals surface area contributed by atoms with Crippen LogP contribution in [0.4, 0.5) is 4.39 Å². The maximum Gasteiger partial charge on any atom is 0.123 e. The van der Waals surface area contributed by atoms with Crippen molar-refractivity contribution in [3.8, 4) is 0 Å². The lowest BCUT2D eigenvalue weighted by atomic mass is 10.1. The SMILES string of the molecule is C[C@@H]1CN(Cc2ccccc2)[C@@H](C)CN1Cc1cccc(F)c1. The maximum atomic E-state index is 13.4. The average molecular weight is 312 g/mol. The van der Waals surface area contributed by atoms with E-state index in [0.717, 1.165) is 31.7 Å². The van der Waals surface area contributed by atoms with E-state index in [2.05, 4.69) is 54.0 Å². The van der Waals surface area contributed by atoms with Crippen LogP contribution in [0, 0.1) is 5.82 Å². The molecule has 1 saturated heterocycles. The number of benzene rings is 2. The van der Waals surface area contributed by atoms with Gasteiger partial charge in [0.15, 0.2) is 0 Å². The topological polar surface area (TPSA) is 6.48 Å². The van der Waals surface area contributed by atoms with Crippen molar-refractivity contribution in [1.82, 2.24) is 9.80 Å². The summed E-state index contributed by atoms with van der Waals surface area (Å²) in [6.07, 6.45) is 0. The summed E-state index contributed by atoms with van der Waals surface area (Å²) in [5, 5.41) is 0. The van der Waals surface area contributed by atoms with Crippen molar-refractivity contribution in [3.05, 3.63) is 71.5 Å². The van der Waals surface area contributed by atoms with Gasteiger partial charge in [-0.1, -0.05) is 42.5 Å². The van der Waals surface area contributed by atoms with Crippen molar-refractivity contribution in [3.63, 3.8) is 0 Å². The molecule has 2 nitrogen and oxygen atoms in total. The molecule has 0 radical (unpaired) electrons. The summed E-state index contributed by atoms with van der Waals surface area (Å²) in [5.41, 5.74) is 2.42. The van der Waals surface area contributed by atoms with Crippen LogP contribution in [0.3, 0.4) is 0 Å². The molecule has 23 heavy (non-hydrogen) atoms. The lowest BCUT2D eigenvalue weighted by molar-refractivity contribution is 0.0327. The van der Waals surface area contributed by atoms with Crippen molar-refractivity contribution >= 4 is 0 Å². The molecule has 0 N–H and O–H groups in total. The van der Waals surface area contributed by atoms with Crippen LogP contribution in [0.2, 0.25) is 0 Å². The van der Waals surface area contributed by atoms with Gasteiger partial charge in [0.1, 0.15) is 5.82 Å². The highest BCUT2D eigenvalue weighted by molar-refractivity contribution is 5.17. The van der Waals surface area contributed by atoms with Gasteiger partial charge in [0.2, 0.25) is 0 Å². The van der Waals surface area contributed by atoms with Gasteiger partial charge >= 0.3 is 0 Å². The van der Waals surface area contributed by atoms with Gasteiger partial charge in [-0.2, -0.15) is 0 Å². The predicted molar refractivity (Wildman–Crippen MR) is 92.6 cm³/mol. The average Bonchev–Trinajstić information content (AvgIpc) is 2.53. The zero-order chi connectivity index (χ0) is 16.2. The van der Waals surface area contributed by atoms with Crippen molar-refractivity contribution in [2.75, 3.05) is 13.1 Å². The van der Waals surface area contributed by atoms with E-state index in [1.54, 1.807) is 12.1 Å². The molecule has 0 spiro atoms. The molecule has 1 fully saturated rings. The van der Waals surface area contributed by atoms with E-state index in [1.807, 2.05) is 6.07 Å². The largest absolute Gasteiger partial charge is 0.294 e. The summed E-state index contributed by atoms with van der Waals surface area (Å²) in [4.78, 5) is 5.00. The number of halogens is 1. The van der Waals surface area contributed by atoms with E-state index in [0.29, 0.717) is 12.1 Å². The van der Waals surface area contributed by atoms with Gasteiger partial charge in [-0.15, -0.1) is 0 Å². The first-order chi connectivity index (χ1) is 11.1. The molecule has 3 rings (SSSR count). The quantitative estimate of drug-likeness (QED) is 0.844. The van der Waals surface area contributed by atoms with Gasteiger partial charge in [-0.05, 0) is 37.1 Å². The summed E-state index contributed by atoms with van der Waals surface area (Å²) in [6, 6.07) is 18.6. The highest BCUT2D eigenvalue weighted by Crippen LogP contribution is 2.20. The molecule has 1 aliphatic heterocycles. The number of hydrogen-bond acceptors (Lipinski definition) is 2. The van der Waals surface area contributed by atoms with Crippen LogP contribution in [0.15, 0.2) is 54.6 Å². The van der Waals surface area contributed by atoms with Gasteiger partial charge in [-0.3, -0.25) is 9.80 Å². The van der Waals surface area contributed by atoms with Gasteiger partial charge < -0.3 is 0 Å². The molecule has 0 aromatic heterocycles. The second-order valence-corrected chi connectivity index (χ2v) is 6.67. The molecule has 2 atom stereocenters. The van der Waals surface area contributed by atoms with Crippen LogP contribution in [-0.2, 0) is 13.1 Å². The summed E-state index contributed by atoms with van der Waals surface area (Å²) >= 11 is 0. The minimum absolute atomic E-state index is 0.147. The van der Waals surface area contributed by atoms with Crippen LogP contribution in [0.5, 0.6) is 0 Å². The van der Waals surface area contributed by atoms with E-state index >= 15 is 0 Å². The van der Waals surface area contributed by atoms with Gasteiger partial charge in [0.25, 0.3) is 0 Å². The van der Waals surface area contributed by atoms with Crippen LogP contribution >= 0.6 is 0 Å². The zero-order valence-electron chi connectivity index (χ0n) is 14.0. The molecular weight excluding hydrogens is 287 g/mol. The summed E-state index contributed by atoms with van der Waals surface area (Å²) in [5.74, 6) is -0.147. The van der Waals surface area contributed by atoms with Gasteiger partial charge in [-0.25, -0.2) is 4.39 Å². The lowest BCUT2D eigenvalue weighted by Gasteiger charge is -2.44. The highest BCUT2D eigenvalue weighted by atomic mass is 19.1. The zero-order valence-corrected chi connectivity index (χ0v) is 14.0. The Hall–Kier alpha value is -1.71. The number of nitrogens with zero attached hydrogens (tertiary/aromatic N) is 2. The summed E-state index contributed by atoms with van der Waals surface area (Å²) in [6.45, 7) is 8.44. The van der Waals surface area contributed by atoms with E-state index in [9.17, 15) is 4.39 Å². The van der Waals surface area contributed by atoms with E-state index < -0.39 is 0 Å². The standard InChI is InChI=1S/C20H25FN2/c1-16-13-23(15-19-9-6-10-20(21)11-19)17(2)12-22(16)14-18-7-4-3-5-8-18/h3-11,16-17H,12-15H2,1-2H3/t16-,17+/m0/s1. The Kier molecular flexibility index (Phi) is 5.09. The van der Waals surface area contributed by atoms with Crippen LogP contribution in [-0.4, -0.2) is 35.0 Å². The molecule has 122 valence electrons. The first-order valence-electron chi connectivity index (χ1n) is 8.38. The predicted octanol–water partition coefficient (Wildman–Crippen LogP) is 3.92. The molecular formula is C20H25FN2. The molecule has 0 aliphatic carbocycles. The summed E-state index contributed by atoms with van der Waals surface area (Å²) < 4.78 is 13.4. The first-order valence-corrected chi connectivity index (χ1v) is 8.38. The first kappa shape index (κ1) is 16.2. The molecule has 1 aliphatic rings. The van der Waals surface area contributed by atoms with Crippen molar-refractivity contribution in [1.29, 1.82) is 0 Å². The smallest absolute Gasteiger partial charge is 0.123 e. The van der Waals surface area contributed by atoms with Crippen LogP contribution < -0.4 is 0 Å². The second kappa shape index (κ2) is 7.24. The highest BCUT2D eigenvalue weighted by Gasteiger charge is 2.28. The fourth-order valence-electron chi connectivity index (χ4n) is 3.40. The van der Waals surface area contributed by atoms with Gasteiger partial charge in [0.05, 0.1) is 0 Å². The minimum Gasteiger partial charge on any atom is -0.294 e. The normalized spacial score (nSPS) is 23.1. The Morgan fingerprint density at radius 3 is 2.00 bits per heavy atom. The molecule has 0 saturated carbocycles. The third kappa shape index (κ3) is 4.18. The Bertz CT molecular complexity index is 629. The third-order valence-corrected chi connectivity index (χ3v) is 4.75. The number of rotatable bonds is 4.